The van der Waals surface area contributed by atoms with Crippen molar-refractivity contribution >= 4 is 5.82 Å². The second-order valence-corrected chi connectivity index (χ2v) is 4.03. The largest absolute Gasteiger partial charge is 0.474 e. The van der Waals surface area contributed by atoms with Crippen LogP contribution in [0.25, 0.3) is 0 Å². The third kappa shape index (κ3) is 2.24. The van der Waals surface area contributed by atoms with E-state index in [1.165, 1.54) is 19.2 Å². The molecule has 0 amide bonds. The van der Waals surface area contributed by atoms with Crippen molar-refractivity contribution in [2.45, 2.75) is 45.1 Å². The van der Waals surface area contributed by atoms with Crippen molar-refractivity contribution in [3.63, 3.8) is 0 Å². The summed E-state index contributed by atoms with van der Waals surface area (Å²) in [6.07, 6.45) is 7.35. The number of hydrazine groups is 1. The number of hydrogen-bond acceptors (Lipinski definition) is 5. The molecule has 2 rings (SSSR count). The summed E-state index contributed by atoms with van der Waals surface area (Å²) in [4.78, 5) is 8.27. The first kappa shape index (κ1) is 11.1. The SMILES string of the molecule is CCc1c(NN)ncnc1OC1CCCC1. The average molecular weight is 222 g/mol. The predicted molar refractivity (Wildman–Crippen MR) is 62.1 cm³/mol. The maximum absolute atomic E-state index is 5.89. The van der Waals surface area contributed by atoms with Crippen molar-refractivity contribution in [1.29, 1.82) is 0 Å². The van der Waals surface area contributed by atoms with E-state index in [9.17, 15) is 0 Å². The molecule has 0 bridgehead atoms. The van der Waals surface area contributed by atoms with Crippen LogP contribution in [0, 0.1) is 0 Å². The number of nitrogens with zero attached hydrogens (tertiary/aromatic N) is 2. The molecule has 0 radical (unpaired) electrons. The fraction of sp³-hybridized carbons (Fsp3) is 0.636. The molecule has 1 aromatic rings. The van der Waals surface area contributed by atoms with Crippen LogP contribution in [-0.2, 0) is 6.42 Å². The molecule has 0 atom stereocenters. The Bertz CT molecular complexity index is 350. The molecule has 5 heteroatoms. The van der Waals surface area contributed by atoms with Crippen molar-refractivity contribution in [1.82, 2.24) is 9.97 Å². The van der Waals surface area contributed by atoms with Gasteiger partial charge < -0.3 is 10.2 Å². The Hall–Kier alpha value is -1.36. The Morgan fingerprint density at radius 2 is 2.19 bits per heavy atom. The van der Waals surface area contributed by atoms with Crippen LogP contribution in [0.2, 0.25) is 0 Å². The number of aromatic nitrogens is 2. The second kappa shape index (κ2) is 5.12. The Balaban J connectivity index is 2.18. The molecular formula is C11H18N4O. The molecule has 1 aliphatic carbocycles. The number of anilines is 1. The topological polar surface area (TPSA) is 73.1 Å². The van der Waals surface area contributed by atoms with E-state index < -0.39 is 0 Å². The zero-order valence-corrected chi connectivity index (χ0v) is 9.57. The van der Waals surface area contributed by atoms with Gasteiger partial charge in [-0.3, -0.25) is 0 Å². The molecule has 16 heavy (non-hydrogen) atoms. The molecule has 0 aliphatic heterocycles. The normalized spacial score (nSPS) is 16.4. The lowest BCUT2D eigenvalue weighted by atomic mass is 10.2. The minimum Gasteiger partial charge on any atom is -0.474 e. The lowest BCUT2D eigenvalue weighted by Gasteiger charge is -2.16. The summed E-state index contributed by atoms with van der Waals surface area (Å²) >= 11 is 0. The molecule has 1 heterocycles. The molecule has 1 fully saturated rings. The van der Waals surface area contributed by atoms with Gasteiger partial charge in [-0.05, 0) is 32.1 Å². The molecule has 0 saturated heterocycles. The van der Waals surface area contributed by atoms with E-state index >= 15 is 0 Å². The highest BCUT2D eigenvalue weighted by Crippen LogP contribution is 2.27. The molecular weight excluding hydrogens is 204 g/mol. The Morgan fingerprint density at radius 3 is 2.81 bits per heavy atom. The maximum Gasteiger partial charge on any atom is 0.222 e. The smallest absolute Gasteiger partial charge is 0.222 e. The van der Waals surface area contributed by atoms with E-state index in [-0.39, 0.29) is 0 Å². The number of nitrogens with two attached hydrogens (primary N) is 1. The first-order valence-electron chi connectivity index (χ1n) is 5.82. The van der Waals surface area contributed by atoms with Crippen molar-refractivity contribution < 1.29 is 4.74 Å². The van der Waals surface area contributed by atoms with E-state index in [1.54, 1.807) is 0 Å². The lowest BCUT2D eigenvalue weighted by Crippen LogP contribution is -2.16. The molecule has 1 saturated carbocycles. The van der Waals surface area contributed by atoms with Gasteiger partial charge in [0.05, 0.1) is 5.56 Å². The van der Waals surface area contributed by atoms with E-state index in [1.807, 2.05) is 6.92 Å². The van der Waals surface area contributed by atoms with Gasteiger partial charge in [-0.25, -0.2) is 15.8 Å². The van der Waals surface area contributed by atoms with Gasteiger partial charge in [0.2, 0.25) is 5.88 Å². The third-order valence-electron chi connectivity index (χ3n) is 2.98. The summed E-state index contributed by atoms with van der Waals surface area (Å²) in [5.41, 5.74) is 3.54. The quantitative estimate of drug-likeness (QED) is 0.598. The summed E-state index contributed by atoms with van der Waals surface area (Å²) in [5, 5.41) is 0. The van der Waals surface area contributed by atoms with E-state index in [2.05, 4.69) is 15.4 Å². The van der Waals surface area contributed by atoms with Gasteiger partial charge in [-0.2, -0.15) is 0 Å². The van der Waals surface area contributed by atoms with E-state index in [0.29, 0.717) is 17.8 Å². The molecule has 5 nitrogen and oxygen atoms in total. The van der Waals surface area contributed by atoms with Gasteiger partial charge in [-0.15, -0.1) is 0 Å². The number of ether oxygens (including phenoxy) is 1. The van der Waals surface area contributed by atoms with Crippen LogP contribution < -0.4 is 16.0 Å². The van der Waals surface area contributed by atoms with Crippen molar-refractivity contribution in [3.05, 3.63) is 11.9 Å². The van der Waals surface area contributed by atoms with Gasteiger partial charge in [0.25, 0.3) is 0 Å². The summed E-state index contributed by atoms with van der Waals surface area (Å²) in [6.45, 7) is 2.04. The van der Waals surface area contributed by atoms with Gasteiger partial charge in [0.1, 0.15) is 18.2 Å². The standard InChI is InChI=1S/C11H18N4O/c1-2-9-10(15-12)13-7-14-11(9)16-8-5-3-4-6-8/h7-8H,2-6,12H2,1H3,(H,13,14,15). The summed E-state index contributed by atoms with van der Waals surface area (Å²) in [7, 11) is 0. The minimum atomic E-state index is 0.311. The average Bonchev–Trinajstić information content (AvgIpc) is 2.81. The number of nitrogen functional groups attached to an aromatic ring is 1. The Morgan fingerprint density at radius 1 is 1.44 bits per heavy atom. The highest BCUT2D eigenvalue weighted by molar-refractivity contribution is 5.47. The minimum absolute atomic E-state index is 0.311. The van der Waals surface area contributed by atoms with Crippen molar-refractivity contribution in [2.75, 3.05) is 5.43 Å². The van der Waals surface area contributed by atoms with Crippen molar-refractivity contribution in [2.24, 2.45) is 5.84 Å². The second-order valence-electron chi connectivity index (χ2n) is 4.03. The van der Waals surface area contributed by atoms with Crippen LogP contribution in [-0.4, -0.2) is 16.1 Å². The van der Waals surface area contributed by atoms with Gasteiger partial charge >= 0.3 is 0 Å². The molecule has 3 N–H and O–H groups in total. The van der Waals surface area contributed by atoms with Gasteiger partial charge in [0.15, 0.2) is 0 Å². The van der Waals surface area contributed by atoms with Crippen LogP contribution >= 0.6 is 0 Å². The highest BCUT2D eigenvalue weighted by atomic mass is 16.5. The highest BCUT2D eigenvalue weighted by Gasteiger charge is 2.19. The zero-order valence-electron chi connectivity index (χ0n) is 9.57. The monoisotopic (exact) mass is 222 g/mol. The molecule has 1 aromatic heterocycles. The molecule has 0 spiro atoms. The summed E-state index contributed by atoms with van der Waals surface area (Å²) < 4.78 is 5.89. The third-order valence-corrected chi connectivity index (χ3v) is 2.98. The molecule has 0 aromatic carbocycles. The predicted octanol–water partition coefficient (Wildman–Crippen LogP) is 1.65. The van der Waals surface area contributed by atoms with E-state index in [0.717, 1.165) is 24.8 Å². The van der Waals surface area contributed by atoms with Crippen LogP contribution in [0.15, 0.2) is 6.33 Å². The summed E-state index contributed by atoms with van der Waals surface area (Å²) in [5.74, 6) is 6.74. The number of hydrogen-bond donors (Lipinski definition) is 2. The first-order chi connectivity index (χ1) is 7.85. The van der Waals surface area contributed by atoms with Crippen LogP contribution in [0.1, 0.15) is 38.2 Å². The Labute approximate surface area is 95.4 Å². The van der Waals surface area contributed by atoms with Gasteiger partial charge in [0, 0.05) is 0 Å². The Kier molecular flexibility index (Phi) is 3.56. The van der Waals surface area contributed by atoms with Gasteiger partial charge in [-0.1, -0.05) is 6.92 Å². The van der Waals surface area contributed by atoms with Crippen LogP contribution in [0.3, 0.4) is 0 Å². The maximum atomic E-state index is 5.89. The van der Waals surface area contributed by atoms with Crippen LogP contribution in [0.5, 0.6) is 5.88 Å². The molecule has 1 aliphatic rings. The van der Waals surface area contributed by atoms with Crippen LogP contribution in [0.4, 0.5) is 5.82 Å². The lowest BCUT2D eigenvalue weighted by molar-refractivity contribution is 0.199. The van der Waals surface area contributed by atoms with Crippen molar-refractivity contribution in [3.8, 4) is 5.88 Å². The number of nitrogens with one attached hydrogen (secondary N) is 1. The first-order valence-corrected chi connectivity index (χ1v) is 5.82. The molecule has 0 unspecified atom stereocenters. The summed E-state index contributed by atoms with van der Waals surface area (Å²) in [6, 6.07) is 0. The number of rotatable bonds is 4. The molecule has 88 valence electrons. The van der Waals surface area contributed by atoms with E-state index in [4.69, 9.17) is 10.6 Å². The zero-order chi connectivity index (χ0) is 11.4. The fourth-order valence-corrected chi connectivity index (χ4v) is 2.10. The fourth-order valence-electron chi connectivity index (χ4n) is 2.10.